The van der Waals surface area contributed by atoms with Crippen molar-refractivity contribution < 1.29 is 13.9 Å². The van der Waals surface area contributed by atoms with Gasteiger partial charge in [0.05, 0.1) is 5.39 Å². The van der Waals surface area contributed by atoms with Crippen molar-refractivity contribution >= 4 is 27.7 Å². The molecule has 4 heteroatoms. The molecule has 0 fully saturated rings. The van der Waals surface area contributed by atoms with Gasteiger partial charge in [-0.05, 0) is 24.3 Å². The maximum absolute atomic E-state index is 13.4. The summed E-state index contributed by atoms with van der Waals surface area (Å²) in [6, 6.07) is 30.5. The van der Waals surface area contributed by atoms with E-state index in [1.165, 1.54) is 0 Å². The van der Waals surface area contributed by atoms with Crippen LogP contribution < -0.4 is 10.2 Å². The van der Waals surface area contributed by atoms with Crippen molar-refractivity contribution in [2.24, 2.45) is 0 Å². The van der Waals surface area contributed by atoms with Crippen molar-refractivity contribution in [2.45, 2.75) is 6.10 Å². The predicted octanol–water partition coefficient (Wildman–Crippen LogP) is 5.95. The van der Waals surface area contributed by atoms with Crippen LogP contribution in [0.1, 0.15) is 22.0 Å². The fourth-order valence-corrected chi connectivity index (χ4v) is 3.70. The zero-order chi connectivity index (χ0) is 21.2. The lowest BCUT2D eigenvalue weighted by molar-refractivity contribution is 0.0795. The highest BCUT2D eigenvalue weighted by Gasteiger charge is 2.25. The van der Waals surface area contributed by atoms with E-state index in [0.29, 0.717) is 38.8 Å². The van der Waals surface area contributed by atoms with Gasteiger partial charge in [-0.15, -0.1) is 0 Å². The molecule has 0 aliphatic carbocycles. The van der Waals surface area contributed by atoms with Crippen LogP contribution in [0.15, 0.2) is 112 Å². The Balaban J connectivity index is 1.67. The Kier molecular flexibility index (Phi) is 4.81. The summed E-state index contributed by atoms with van der Waals surface area (Å²) in [4.78, 5) is 26.6. The third kappa shape index (κ3) is 3.49. The molecule has 1 atom stereocenters. The van der Waals surface area contributed by atoms with Crippen molar-refractivity contribution in [1.82, 2.24) is 0 Å². The number of hydrogen-bond donors (Lipinski definition) is 0. The van der Waals surface area contributed by atoms with Crippen LogP contribution in [0.5, 0.6) is 5.75 Å². The van der Waals surface area contributed by atoms with Crippen molar-refractivity contribution in [3.05, 3.63) is 124 Å². The lowest BCUT2D eigenvalue weighted by Gasteiger charge is -2.19. The van der Waals surface area contributed by atoms with Crippen LogP contribution in [-0.2, 0) is 0 Å². The number of benzene rings is 4. The molecule has 0 saturated heterocycles. The van der Waals surface area contributed by atoms with Gasteiger partial charge in [0.25, 0.3) is 0 Å². The van der Waals surface area contributed by atoms with Crippen LogP contribution in [0, 0.1) is 0 Å². The summed E-state index contributed by atoms with van der Waals surface area (Å²) in [7, 11) is 0. The van der Waals surface area contributed by atoms with E-state index in [1.807, 2.05) is 54.6 Å². The van der Waals surface area contributed by atoms with E-state index >= 15 is 0 Å². The maximum atomic E-state index is 13.4. The number of carbonyl (C=O) groups is 1. The van der Waals surface area contributed by atoms with Crippen molar-refractivity contribution in [3.63, 3.8) is 0 Å². The van der Waals surface area contributed by atoms with Gasteiger partial charge in [0, 0.05) is 11.1 Å². The van der Waals surface area contributed by atoms with Crippen molar-refractivity contribution in [2.75, 3.05) is 0 Å². The first-order chi connectivity index (χ1) is 15.2. The van der Waals surface area contributed by atoms with Gasteiger partial charge in [0.15, 0.2) is 6.10 Å². The Morgan fingerprint density at radius 1 is 0.710 bits per heavy atom. The molecule has 5 aromatic rings. The topological polar surface area (TPSA) is 56.5 Å². The molecule has 1 aromatic heterocycles. The minimum atomic E-state index is -0.903. The molecule has 0 N–H and O–H groups in total. The molecule has 1 unspecified atom stereocenters. The normalized spacial score (nSPS) is 12.0. The third-order valence-electron chi connectivity index (χ3n) is 5.21. The predicted molar refractivity (Wildman–Crippen MR) is 121 cm³/mol. The lowest BCUT2D eigenvalue weighted by Crippen LogP contribution is -2.20. The smallest absolute Gasteiger partial charge is 0.207 e. The number of para-hydroxylation sites is 1. The van der Waals surface area contributed by atoms with Gasteiger partial charge in [-0.25, -0.2) is 0 Å². The zero-order valence-electron chi connectivity index (χ0n) is 16.5. The van der Waals surface area contributed by atoms with Gasteiger partial charge in [-0.2, -0.15) is 0 Å². The summed E-state index contributed by atoms with van der Waals surface area (Å²) in [5.41, 5.74) is 1.98. The first-order valence-corrected chi connectivity index (χ1v) is 9.98. The Morgan fingerprint density at radius 2 is 1.35 bits per heavy atom. The molecule has 0 radical (unpaired) electrons. The average Bonchev–Trinajstić information content (AvgIpc) is 2.83. The van der Waals surface area contributed by atoms with Crippen LogP contribution in [0.3, 0.4) is 0 Å². The number of fused-ring (bicyclic) bond motifs is 2. The Morgan fingerprint density at radius 3 is 2.13 bits per heavy atom. The number of ketones is 1. The summed E-state index contributed by atoms with van der Waals surface area (Å²) in [5.74, 6) is 0.129. The van der Waals surface area contributed by atoms with Gasteiger partial charge < -0.3 is 9.15 Å². The summed E-state index contributed by atoms with van der Waals surface area (Å²) in [6.45, 7) is 0. The van der Waals surface area contributed by atoms with E-state index < -0.39 is 6.10 Å². The highest BCUT2D eigenvalue weighted by molar-refractivity contribution is 6.00. The molecule has 1 heterocycles. The summed E-state index contributed by atoms with van der Waals surface area (Å²) < 4.78 is 12.2. The molecule has 31 heavy (non-hydrogen) atoms. The monoisotopic (exact) mass is 406 g/mol. The zero-order valence-corrected chi connectivity index (χ0v) is 16.5. The van der Waals surface area contributed by atoms with Crippen LogP contribution in [-0.4, -0.2) is 5.78 Å². The number of hydrogen-bond acceptors (Lipinski definition) is 4. The summed E-state index contributed by atoms with van der Waals surface area (Å²) in [5, 5.41) is 0.791. The third-order valence-corrected chi connectivity index (χ3v) is 5.21. The van der Waals surface area contributed by atoms with Crippen LogP contribution in [0.2, 0.25) is 0 Å². The first-order valence-electron chi connectivity index (χ1n) is 9.98. The second kappa shape index (κ2) is 7.92. The fourth-order valence-electron chi connectivity index (χ4n) is 3.70. The standard InChI is InChI=1S/C27H18O4/c28-25(18-10-3-1-4-11-18)27(19-12-5-2-6-13-19)31-23-17-9-16-22-24(23)26(29)20-14-7-8-15-21(20)30-22/h1-17,27H. The largest absolute Gasteiger partial charge is 0.477 e. The maximum Gasteiger partial charge on any atom is 0.207 e. The number of Topliss-reactive ketones (excluding diaryl/α,β-unsaturated/α-hetero) is 1. The molecule has 0 saturated carbocycles. The molecule has 0 aliphatic rings. The van der Waals surface area contributed by atoms with Crippen LogP contribution in [0.25, 0.3) is 21.9 Å². The van der Waals surface area contributed by atoms with E-state index in [-0.39, 0.29) is 11.2 Å². The molecule has 4 nitrogen and oxygen atoms in total. The minimum absolute atomic E-state index is 0.186. The first kappa shape index (κ1) is 18.8. The number of ether oxygens (including phenoxy) is 1. The molecule has 5 rings (SSSR count). The fraction of sp³-hybridized carbons (Fsp3) is 0.0370. The lowest BCUT2D eigenvalue weighted by atomic mass is 9.99. The molecule has 0 aliphatic heterocycles. The molecular weight excluding hydrogens is 388 g/mol. The molecular formula is C27H18O4. The summed E-state index contributed by atoms with van der Waals surface area (Å²) >= 11 is 0. The Labute approximate surface area is 178 Å². The molecule has 0 spiro atoms. The van der Waals surface area contributed by atoms with E-state index in [4.69, 9.17) is 9.15 Å². The SMILES string of the molecule is O=C(c1ccccc1)C(Oc1cccc2oc3ccccc3c(=O)c12)c1ccccc1. The molecule has 0 bridgehead atoms. The second-order valence-electron chi connectivity index (χ2n) is 7.20. The van der Waals surface area contributed by atoms with Crippen LogP contribution in [0.4, 0.5) is 0 Å². The van der Waals surface area contributed by atoms with Gasteiger partial charge >= 0.3 is 0 Å². The van der Waals surface area contributed by atoms with Gasteiger partial charge in [0.2, 0.25) is 11.2 Å². The Hall–Kier alpha value is -4.18. The quantitative estimate of drug-likeness (QED) is 0.267. The molecule has 0 amide bonds. The van der Waals surface area contributed by atoms with E-state index in [9.17, 15) is 9.59 Å². The highest BCUT2D eigenvalue weighted by atomic mass is 16.5. The van der Waals surface area contributed by atoms with E-state index in [0.717, 1.165) is 0 Å². The summed E-state index contributed by atoms with van der Waals surface area (Å²) in [6.07, 6.45) is -0.903. The van der Waals surface area contributed by atoms with Gasteiger partial charge in [-0.1, -0.05) is 78.9 Å². The Bertz CT molecular complexity index is 1440. The highest BCUT2D eigenvalue weighted by Crippen LogP contribution is 2.31. The van der Waals surface area contributed by atoms with Crippen LogP contribution >= 0.6 is 0 Å². The average molecular weight is 406 g/mol. The van der Waals surface area contributed by atoms with Gasteiger partial charge in [0.1, 0.15) is 22.3 Å². The van der Waals surface area contributed by atoms with E-state index in [2.05, 4.69) is 0 Å². The molecule has 4 aromatic carbocycles. The number of carbonyl (C=O) groups excluding carboxylic acids is 1. The minimum Gasteiger partial charge on any atom is -0.477 e. The van der Waals surface area contributed by atoms with Crippen molar-refractivity contribution in [3.8, 4) is 5.75 Å². The second-order valence-corrected chi connectivity index (χ2v) is 7.20. The van der Waals surface area contributed by atoms with Gasteiger partial charge in [-0.3, -0.25) is 9.59 Å². The number of rotatable bonds is 5. The van der Waals surface area contributed by atoms with Crippen molar-refractivity contribution in [1.29, 1.82) is 0 Å². The molecule has 150 valence electrons. The van der Waals surface area contributed by atoms with E-state index in [1.54, 1.807) is 48.5 Å².